The number of aromatic nitrogens is 2. The number of piperidine rings is 1. The third-order valence-electron chi connectivity index (χ3n) is 3.18. The number of methoxy groups -OCH3 is 1. The Kier molecular flexibility index (Phi) is 3.78. The quantitative estimate of drug-likeness (QED) is 0.834. The summed E-state index contributed by atoms with van der Waals surface area (Å²) in [5.41, 5.74) is 0.682. The molecule has 0 atom stereocenters. The second-order valence-electron chi connectivity index (χ2n) is 4.53. The first-order chi connectivity index (χ1) is 8.20. The second-order valence-corrected chi connectivity index (χ2v) is 4.53. The Hall–Kier alpha value is -1.36. The van der Waals surface area contributed by atoms with Gasteiger partial charge in [-0.2, -0.15) is 0 Å². The van der Waals surface area contributed by atoms with Gasteiger partial charge in [0.1, 0.15) is 0 Å². The molecule has 0 radical (unpaired) electrons. The molecule has 1 aliphatic heterocycles. The summed E-state index contributed by atoms with van der Waals surface area (Å²) >= 11 is 0. The molecule has 2 rings (SSSR count). The molecular formula is C12H19N3O2. The lowest BCUT2D eigenvalue weighted by molar-refractivity contribution is 0.288. The van der Waals surface area contributed by atoms with E-state index in [1.54, 1.807) is 24.7 Å². The molecule has 0 saturated carbocycles. The zero-order valence-electron chi connectivity index (χ0n) is 10.4. The van der Waals surface area contributed by atoms with Crippen molar-refractivity contribution in [2.75, 3.05) is 20.2 Å². The van der Waals surface area contributed by atoms with Crippen molar-refractivity contribution in [2.24, 2.45) is 5.92 Å². The van der Waals surface area contributed by atoms with Crippen molar-refractivity contribution in [3.8, 4) is 6.01 Å². The fourth-order valence-corrected chi connectivity index (χ4v) is 2.24. The first kappa shape index (κ1) is 12.1. The maximum atomic E-state index is 11.9. The first-order valence-electron chi connectivity index (χ1n) is 6.04. The lowest BCUT2D eigenvalue weighted by atomic mass is 9.98. The third kappa shape index (κ3) is 2.85. The molecule has 94 valence electrons. The molecule has 0 spiro atoms. The van der Waals surface area contributed by atoms with Crippen LogP contribution in [0.25, 0.3) is 0 Å². The summed E-state index contributed by atoms with van der Waals surface area (Å²) in [5.74, 6) is 0.535. The van der Waals surface area contributed by atoms with Crippen molar-refractivity contribution in [2.45, 2.75) is 26.3 Å². The molecular weight excluding hydrogens is 218 g/mol. The van der Waals surface area contributed by atoms with Crippen LogP contribution in [0.1, 0.15) is 18.5 Å². The van der Waals surface area contributed by atoms with Crippen LogP contribution >= 0.6 is 0 Å². The van der Waals surface area contributed by atoms with E-state index in [1.807, 2.05) is 0 Å². The Morgan fingerprint density at radius 3 is 2.88 bits per heavy atom. The summed E-state index contributed by atoms with van der Waals surface area (Å²) in [7, 11) is 1.56. The molecule has 2 heterocycles. The number of hydrogen-bond acceptors (Lipinski definition) is 4. The number of hydrogen-bond donors (Lipinski definition) is 1. The Balaban J connectivity index is 2.21. The van der Waals surface area contributed by atoms with Crippen LogP contribution in [0.2, 0.25) is 0 Å². The molecule has 1 N–H and O–H groups in total. The van der Waals surface area contributed by atoms with E-state index < -0.39 is 0 Å². The molecule has 1 fully saturated rings. The van der Waals surface area contributed by atoms with Gasteiger partial charge < -0.3 is 10.1 Å². The Morgan fingerprint density at radius 1 is 1.53 bits per heavy atom. The van der Waals surface area contributed by atoms with Crippen LogP contribution < -0.4 is 15.6 Å². The number of nitrogens with one attached hydrogen (secondary N) is 1. The lowest BCUT2D eigenvalue weighted by Crippen LogP contribution is -2.33. The van der Waals surface area contributed by atoms with Gasteiger partial charge in [0.2, 0.25) is 0 Å². The van der Waals surface area contributed by atoms with Gasteiger partial charge in [0.05, 0.1) is 7.11 Å². The number of aryl methyl sites for hydroxylation is 1. The monoisotopic (exact) mass is 237 g/mol. The van der Waals surface area contributed by atoms with Crippen LogP contribution in [0.15, 0.2) is 10.9 Å². The van der Waals surface area contributed by atoms with Gasteiger partial charge in [-0.05, 0) is 38.8 Å². The largest absolute Gasteiger partial charge is 0.468 e. The zero-order valence-corrected chi connectivity index (χ0v) is 10.4. The van der Waals surface area contributed by atoms with Crippen LogP contribution in [0.4, 0.5) is 0 Å². The number of rotatable bonds is 3. The van der Waals surface area contributed by atoms with E-state index in [9.17, 15) is 4.79 Å². The predicted octanol–water partition coefficient (Wildman–Crippen LogP) is 0.560. The molecule has 17 heavy (non-hydrogen) atoms. The Morgan fingerprint density at radius 2 is 2.24 bits per heavy atom. The average Bonchev–Trinajstić information content (AvgIpc) is 2.33. The van der Waals surface area contributed by atoms with E-state index >= 15 is 0 Å². The van der Waals surface area contributed by atoms with Gasteiger partial charge in [0.25, 0.3) is 11.6 Å². The van der Waals surface area contributed by atoms with Gasteiger partial charge in [0.15, 0.2) is 0 Å². The van der Waals surface area contributed by atoms with E-state index in [0.717, 1.165) is 25.9 Å². The molecule has 1 aliphatic rings. The van der Waals surface area contributed by atoms with Gasteiger partial charge in [0, 0.05) is 18.3 Å². The zero-order chi connectivity index (χ0) is 12.3. The Labute approximate surface area is 101 Å². The molecule has 0 unspecified atom stereocenters. The minimum Gasteiger partial charge on any atom is -0.468 e. The normalized spacial score (nSPS) is 17.1. The third-order valence-corrected chi connectivity index (χ3v) is 3.18. The second kappa shape index (κ2) is 5.31. The maximum absolute atomic E-state index is 11.9. The van der Waals surface area contributed by atoms with Crippen molar-refractivity contribution in [1.29, 1.82) is 0 Å². The standard InChI is InChI=1S/C12H19N3O2/c1-9-7-11(16)15(12(14-9)17-2)8-10-3-5-13-6-4-10/h7,10,13H,3-6,8H2,1-2H3. The van der Waals surface area contributed by atoms with Crippen LogP contribution in [-0.4, -0.2) is 29.8 Å². The highest BCUT2D eigenvalue weighted by molar-refractivity contribution is 5.06. The fraction of sp³-hybridized carbons (Fsp3) is 0.667. The smallest absolute Gasteiger partial charge is 0.299 e. The molecule has 0 aromatic carbocycles. The topological polar surface area (TPSA) is 56.1 Å². The van der Waals surface area contributed by atoms with E-state index in [0.29, 0.717) is 24.2 Å². The van der Waals surface area contributed by atoms with Crippen molar-refractivity contribution < 1.29 is 4.74 Å². The van der Waals surface area contributed by atoms with Crippen LogP contribution in [0.5, 0.6) is 6.01 Å². The minimum absolute atomic E-state index is 0.0205. The van der Waals surface area contributed by atoms with Gasteiger partial charge in [-0.15, -0.1) is 0 Å². The van der Waals surface area contributed by atoms with Crippen molar-refractivity contribution in [3.05, 3.63) is 22.1 Å². The van der Waals surface area contributed by atoms with E-state index in [-0.39, 0.29) is 5.56 Å². The highest BCUT2D eigenvalue weighted by Gasteiger charge is 2.16. The van der Waals surface area contributed by atoms with Gasteiger partial charge >= 0.3 is 0 Å². The molecule has 0 aliphatic carbocycles. The van der Waals surface area contributed by atoms with Gasteiger partial charge in [-0.3, -0.25) is 9.36 Å². The highest BCUT2D eigenvalue weighted by Crippen LogP contribution is 2.16. The van der Waals surface area contributed by atoms with Gasteiger partial charge in [-0.1, -0.05) is 0 Å². The molecule has 1 aromatic heterocycles. The number of nitrogens with zero attached hydrogens (tertiary/aromatic N) is 2. The molecule has 0 bridgehead atoms. The van der Waals surface area contributed by atoms with E-state index in [4.69, 9.17) is 4.74 Å². The minimum atomic E-state index is -0.0205. The fourth-order valence-electron chi connectivity index (χ4n) is 2.24. The van der Waals surface area contributed by atoms with Crippen LogP contribution in [0, 0.1) is 12.8 Å². The summed E-state index contributed by atoms with van der Waals surface area (Å²) in [6.07, 6.45) is 2.20. The molecule has 0 amide bonds. The summed E-state index contributed by atoms with van der Waals surface area (Å²) < 4.78 is 6.83. The van der Waals surface area contributed by atoms with Crippen molar-refractivity contribution in [3.63, 3.8) is 0 Å². The summed E-state index contributed by atoms with van der Waals surface area (Å²) in [6.45, 7) is 4.57. The summed E-state index contributed by atoms with van der Waals surface area (Å²) in [4.78, 5) is 16.2. The Bertz CT molecular complexity index is 436. The maximum Gasteiger partial charge on any atom is 0.299 e. The molecule has 1 saturated heterocycles. The summed E-state index contributed by atoms with van der Waals surface area (Å²) in [6, 6.07) is 1.98. The van der Waals surface area contributed by atoms with Crippen LogP contribution in [0.3, 0.4) is 0 Å². The van der Waals surface area contributed by atoms with E-state index in [2.05, 4.69) is 10.3 Å². The predicted molar refractivity (Wildman–Crippen MR) is 65.4 cm³/mol. The van der Waals surface area contributed by atoms with E-state index in [1.165, 1.54) is 0 Å². The molecule has 5 nitrogen and oxygen atoms in total. The van der Waals surface area contributed by atoms with Crippen molar-refractivity contribution >= 4 is 0 Å². The molecule has 1 aromatic rings. The lowest BCUT2D eigenvalue weighted by Gasteiger charge is -2.23. The molecule has 5 heteroatoms. The summed E-state index contributed by atoms with van der Waals surface area (Å²) in [5, 5.41) is 3.32. The number of ether oxygens (including phenoxy) is 1. The highest BCUT2D eigenvalue weighted by atomic mass is 16.5. The van der Waals surface area contributed by atoms with Crippen molar-refractivity contribution in [1.82, 2.24) is 14.9 Å². The first-order valence-corrected chi connectivity index (χ1v) is 6.04. The average molecular weight is 237 g/mol. The van der Waals surface area contributed by atoms with Crippen LogP contribution in [-0.2, 0) is 6.54 Å². The SMILES string of the molecule is COc1nc(C)cc(=O)n1CC1CCNCC1. The van der Waals surface area contributed by atoms with Gasteiger partial charge in [-0.25, -0.2) is 4.98 Å².